The fourth-order valence-electron chi connectivity index (χ4n) is 2.85. The third kappa shape index (κ3) is 3.88. The highest BCUT2D eigenvalue weighted by Gasteiger charge is 2.35. The highest BCUT2D eigenvalue weighted by molar-refractivity contribution is 7.91. The summed E-state index contributed by atoms with van der Waals surface area (Å²) >= 11 is 0. The molecule has 0 aliphatic carbocycles. The van der Waals surface area contributed by atoms with E-state index < -0.39 is 9.84 Å². The Kier molecular flexibility index (Phi) is 4.95. The Morgan fingerprint density at radius 1 is 1.27 bits per heavy atom. The lowest BCUT2D eigenvalue weighted by atomic mass is 10.0. The molecule has 5 heteroatoms. The molecule has 1 aromatic rings. The molecule has 22 heavy (non-hydrogen) atoms. The van der Waals surface area contributed by atoms with Crippen LogP contribution in [-0.4, -0.2) is 43.3 Å². The van der Waals surface area contributed by atoms with E-state index in [4.69, 9.17) is 0 Å². The number of carbonyl (C=O) groups excluding carboxylic acids is 1. The number of nitrogens with zero attached hydrogens (tertiary/aromatic N) is 1. The summed E-state index contributed by atoms with van der Waals surface area (Å²) in [5.74, 6) is 0.528. The van der Waals surface area contributed by atoms with E-state index in [1.807, 2.05) is 45.9 Å². The molecule has 1 aliphatic heterocycles. The van der Waals surface area contributed by atoms with E-state index in [1.165, 1.54) is 0 Å². The van der Waals surface area contributed by atoms with Crippen LogP contribution >= 0.6 is 0 Å². The maximum Gasteiger partial charge on any atom is 0.254 e. The van der Waals surface area contributed by atoms with Crippen molar-refractivity contribution in [2.75, 3.05) is 18.1 Å². The van der Waals surface area contributed by atoms with Crippen molar-refractivity contribution in [2.45, 2.75) is 40.2 Å². The highest BCUT2D eigenvalue weighted by atomic mass is 32.2. The lowest BCUT2D eigenvalue weighted by Gasteiger charge is -2.30. The molecule has 1 atom stereocenters. The molecule has 1 saturated heterocycles. The first-order chi connectivity index (χ1) is 10.2. The van der Waals surface area contributed by atoms with Crippen LogP contribution in [0.2, 0.25) is 0 Å². The Morgan fingerprint density at radius 2 is 1.95 bits per heavy atom. The molecule has 4 nitrogen and oxygen atoms in total. The zero-order valence-corrected chi connectivity index (χ0v) is 14.6. The molecule has 2 rings (SSSR count). The van der Waals surface area contributed by atoms with Gasteiger partial charge in [0.2, 0.25) is 0 Å². The summed E-state index contributed by atoms with van der Waals surface area (Å²) < 4.78 is 23.5. The summed E-state index contributed by atoms with van der Waals surface area (Å²) in [6.07, 6.45) is 0.547. The smallest absolute Gasteiger partial charge is 0.254 e. The van der Waals surface area contributed by atoms with E-state index in [0.29, 0.717) is 24.4 Å². The fourth-order valence-corrected chi connectivity index (χ4v) is 4.58. The van der Waals surface area contributed by atoms with Crippen LogP contribution in [0.4, 0.5) is 0 Å². The summed E-state index contributed by atoms with van der Waals surface area (Å²) in [4.78, 5) is 14.6. The molecule has 1 heterocycles. The molecule has 0 spiro atoms. The average molecular weight is 323 g/mol. The van der Waals surface area contributed by atoms with E-state index >= 15 is 0 Å². The first kappa shape index (κ1) is 17.0. The molecule has 0 saturated carbocycles. The third-order valence-corrected chi connectivity index (χ3v) is 5.98. The number of sulfone groups is 1. The van der Waals surface area contributed by atoms with E-state index in [2.05, 4.69) is 0 Å². The second-order valence-electron chi connectivity index (χ2n) is 6.71. The van der Waals surface area contributed by atoms with Crippen LogP contribution in [-0.2, 0) is 9.84 Å². The van der Waals surface area contributed by atoms with Gasteiger partial charge in [0.25, 0.3) is 5.91 Å². The molecule has 0 radical (unpaired) electrons. The SMILES string of the molecule is Cc1ccc(C(=O)N(CC(C)C)C2CCS(=O)(=O)C2)cc1C. The van der Waals surface area contributed by atoms with Gasteiger partial charge in [0.15, 0.2) is 9.84 Å². The predicted molar refractivity (Wildman–Crippen MR) is 88.8 cm³/mol. The summed E-state index contributed by atoms with van der Waals surface area (Å²) in [7, 11) is -3.00. The third-order valence-electron chi connectivity index (χ3n) is 4.23. The minimum atomic E-state index is -3.00. The summed E-state index contributed by atoms with van der Waals surface area (Å²) in [6, 6.07) is 5.48. The van der Waals surface area contributed by atoms with Crippen molar-refractivity contribution in [1.29, 1.82) is 0 Å². The molecule has 0 aromatic heterocycles. The molecule has 0 bridgehead atoms. The van der Waals surface area contributed by atoms with Crippen LogP contribution in [0.3, 0.4) is 0 Å². The van der Waals surface area contributed by atoms with E-state index in [-0.39, 0.29) is 23.5 Å². The van der Waals surface area contributed by atoms with Gasteiger partial charge in [-0.2, -0.15) is 0 Å². The van der Waals surface area contributed by atoms with Gasteiger partial charge in [-0.1, -0.05) is 19.9 Å². The van der Waals surface area contributed by atoms with E-state index in [1.54, 1.807) is 4.90 Å². The molecule has 1 unspecified atom stereocenters. The number of hydrogen-bond donors (Lipinski definition) is 0. The quantitative estimate of drug-likeness (QED) is 0.856. The van der Waals surface area contributed by atoms with Crippen molar-refractivity contribution in [2.24, 2.45) is 5.92 Å². The van der Waals surface area contributed by atoms with Crippen molar-refractivity contribution in [1.82, 2.24) is 4.90 Å². The molecule has 1 aromatic carbocycles. The lowest BCUT2D eigenvalue weighted by Crippen LogP contribution is -2.43. The van der Waals surface area contributed by atoms with Gasteiger partial charge in [0, 0.05) is 18.2 Å². The van der Waals surface area contributed by atoms with Crippen LogP contribution in [0.5, 0.6) is 0 Å². The van der Waals surface area contributed by atoms with Gasteiger partial charge >= 0.3 is 0 Å². The maximum absolute atomic E-state index is 12.9. The maximum atomic E-state index is 12.9. The number of aryl methyl sites for hydroxylation is 2. The summed E-state index contributed by atoms with van der Waals surface area (Å²) in [5.41, 5.74) is 2.87. The monoisotopic (exact) mass is 323 g/mol. The first-order valence-corrected chi connectivity index (χ1v) is 9.60. The van der Waals surface area contributed by atoms with Crippen molar-refractivity contribution < 1.29 is 13.2 Å². The van der Waals surface area contributed by atoms with Gasteiger partial charge in [-0.25, -0.2) is 8.42 Å². The van der Waals surface area contributed by atoms with Gasteiger partial charge in [0.05, 0.1) is 11.5 Å². The topological polar surface area (TPSA) is 54.5 Å². The van der Waals surface area contributed by atoms with E-state index in [9.17, 15) is 13.2 Å². The number of benzene rings is 1. The second-order valence-corrected chi connectivity index (χ2v) is 8.94. The Bertz CT molecular complexity index is 664. The van der Waals surface area contributed by atoms with Crippen molar-refractivity contribution in [3.8, 4) is 0 Å². The summed E-state index contributed by atoms with van der Waals surface area (Å²) in [5, 5.41) is 0. The van der Waals surface area contributed by atoms with Crippen molar-refractivity contribution in [3.05, 3.63) is 34.9 Å². The number of amides is 1. The molecule has 0 N–H and O–H groups in total. The van der Waals surface area contributed by atoms with Gasteiger partial charge < -0.3 is 4.90 Å². The Morgan fingerprint density at radius 3 is 2.45 bits per heavy atom. The Balaban J connectivity index is 2.28. The molecule has 1 aliphatic rings. The lowest BCUT2D eigenvalue weighted by molar-refractivity contribution is 0.0672. The van der Waals surface area contributed by atoms with Crippen LogP contribution in [0.1, 0.15) is 41.8 Å². The standard InChI is InChI=1S/C17H25NO3S/c1-12(2)10-18(16-7-8-22(20,21)11-16)17(19)15-6-5-13(3)14(4)9-15/h5-6,9,12,16H,7-8,10-11H2,1-4H3. The second kappa shape index (κ2) is 6.41. The van der Waals surface area contributed by atoms with Crippen LogP contribution in [0.15, 0.2) is 18.2 Å². The molecule has 1 fully saturated rings. The molecule has 122 valence electrons. The Hall–Kier alpha value is -1.36. The molecular weight excluding hydrogens is 298 g/mol. The largest absolute Gasteiger partial charge is 0.334 e. The average Bonchev–Trinajstić information content (AvgIpc) is 2.78. The van der Waals surface area contributed by atoms with Crippen molar-refractivity contribution >= 4 is 15.7 Å². The summed E-state index contributed by atoms with van der Waals surface area (Å²) in [6.45, 7) is 8.68. The zero-order chi connectivity index (χ0) is 16.5. The Labute approximate surface area is 133 Å². The van der Waals surface area contributed by atoms with E-state index in [0.717, 1.165) is 11.1 Å². The van der Waals surface area contributed by atoms with Crippen LogP contribution in [0.25, 0.3) is 0 Å². The number of carbonyl (C=O) groups is 1. The number of hydrogen-bond acceptors (Lipinski definition) is 3. The van der Waals surface area contributed by atoms with Gasteiger partial charge in [0.1, 0.15) is 0 Å². The normalized spacial score (nSPS) is 20.3. The van der Waals surface area contributed by atoms with Crippen molar-refractivity contribution in [3.63, 3.8) is 0 Å². The first-order valence-electron chi connectivity index (χ1n) is 7.78. The van der Waals surface area contributed by atoms with Gasteiger partial charge in [-0.3, -0.25) is 4.79 Å². The predicted octanol–water partition coefficient (Wildman–Crippen LogP) is 2.59. The minimum absolute atomic E-state index is 0.0566. The van der Waals surface area contributed by atoms with Crippen LogP contribution in [0, 0.1) is 19.8 Å². The van der Waals surface area contributed by atoms with Crippen LogP contribution < -0.4 is 0 Å². The van der Waals surface area contributed by atoms with Gasteiger partial charge in [-0.05, 0) is 49.4 Å². The van der Waals surface area contributed by atoms with Gasteiger partial charge in [-0.15, -0.1) is 0 Å². The zero-order valence-electron chi connectivity index (χ0n) is 13.8. The molecule has 1 amide bonds. The highest BCUT2D eigenvalue weighted by Crippen LogP contribution is 2.22. The minimum Gasteiger partial charge on any atom is -0.334 e. The number of rotatable bonds is 4. The fraction of sp³-hybridized carbons (Fsp3) is 0.588. The molecular formula is C17H25NO3S.